The average Bonchev–Trinajstić information content (AvgIpc) is 2.70. The normalized spacial score (nSPS) is 15.2. The van der Waals surface area contributed by atoms with Crippen LogP contribution < -0.4 is 10.2 Å². The fraction of sp³-hybridized carbons (Fsp3) is 0.421. The van der Waals surface area contributed by atoms with Gasteiger partial charge in [-0.15, -0.1) is 0 Å². The lowest BCUT2D eigenvalue weighted by atomic mass is 10.2. The first kappa shape index (κ1) is 19.4. The topological polar surface area (TPSA) is 31.4 Å². The van der Waals surface area contributed by atoms with Gasteiger partial charge < -0.3 is 10.2 Å². The molecule has 1 aromatic heterocycles. The van der Waals surface area contributed by atoms with E-state index in [1.807, 2.05) is 18.2 Å². The summed E-state index contributed by atoms with van der Waals surface area (Å²) in [5, 5.41) is 2.43. The molecule has 0 atom stereocenters. The van der Waals surface area contributed by atoms with Crippen LogP contribution >= 0.6 is 0 Å². The smallest absolute Gasteiger partial charge is 0.253 e. The van der Waals surface area contributed by atoms with Crippen molar-refractivity contribution in [3.05, 3.63) is 53.9 Å². The van der Waals surface area contributed by atoms with Gasteiger partial charge in [-0.25, -0.2) is 0 Å². The highest BCUT2D eigenvalue weighted by Gasteiger charge is 2.20. The van der Waals surface area contributed by atoms with E-state index in [-0.39, 0.29) is 6.54 Å². The van der Waals surface area contributed by atoms with Crippen LogP contribution in [0.15, 0.2) is 30.3 Å². The molecule has 27 heavy (non-hydrogen) atoms. The molecule has 1 N–H and O–H groups in total. The second-order valence-electron chi connectivity index (χ2n) is 6.49. The Hall–Kier alpha value is -2.35. The number of piperazine rings is 1. The Balaban J connectivity index is 1.37. The molecule has 0 unspecified atom stereocenters. The first-order chi connectivity index (χ1) is 13.1. The molecule has 2 heterocycles. The number of anilines is 2. The summed E-state index contributed by atoms with van der Waals surface area (Å²) in [4.78, 5) is 7.22. The SMILES string of the molecule is Fc1nc(F)c(F)c(NCCCCN2CCN(c3ccccc3)CC2)c1F. The minimum Gasteiger partial charge on any atom is -0.380 e. The number of benzene rings is 1. The van der Waals surface area contributed by atoms with E-state index < -0.39 is 29.2 Å². The van der Waals surface area contributed by atoms with E-state index in [0.717, 1.165) is 39.1 Å². The maximum absolute atomic E-state index is 13.5. The molecule has 1 aliphatic rings. The molecule has 0 aliphatic carbocycles. The van der Waals surface area contributed by atoms with Gasteiger partial charge in [0.2, 0.25) is 11.6 Å². The predicted molar refractivity (Wildman–Crippen MR) is 96.9 cm³/mol. The first-order valence-corrected chi connectivity index (χ1v) is 9.02. The summed E-state index contributed by atoms with van der Waals surface area (Å²) in [6.07, 6.45) is 1.45. The highest BCUT2D eigenvalue weighted by molar-refractivity contribution is 5.46. The number of nitrogens with one attached hydrogen (secondary N) is 1. The van der Waals surface area contributed by atoms with E-state index in [1.54, 1.807) is 0 Å². The Morgan fingerprint density at radius 1 is 0.852 bits per heavy atom. The van der Waals surface area contributed by atoms with Crippen LogP contribution in [0.1, 0.15) is 12.8 Å². The monoisotopic (exact) mass is 382 g/mol. The van der Waals surface area contributed by atoms with Crippen LogP contribution in [0, 0.1) is 23.5 Å². The van der Waals surface area contributed by atoms with E-state index >= 15 is 0 Å². The standard InChI is InChI=1S/C19H22F4N4/c20-15-17(16(21)19(23)25-18(15)22)24-8-4-5-9-26-10-12-27(13-11-26)14-6-2-1-3-7-14/h1-3,6-7H,4-5,8-13H2,(H,24,25). The zero-order chi connectivity index (χ0) is 19.2. The lowest BCUT2D eigenvalue weighted by Gasteiger charge is -2.36. The fourth-order valence-corrected chi connectivity index (χ4v) is 3.18. The third-order valence-corrected chi connectivity index (χ3v) is 4.69. The van der Waals surface area contributed by atoms with Crippen molar-refractivity contribution in [3.8, 4) is 0 Å². The number of hydrogen-bond donors (Lipinski definition) is 1. The Bertz CT molecular complexity index is 723. The summed E-state index contributed by atoms with van der Waals surface area (Å²) in [5.74, 6) is -6.28. The van der Waals surface area contributed by atoms with Crippen molar-refractivity contribution in [2.75, 3.05) is 49.5 Å². The second-order valence-corrected chi connectivity index (χ2v) is 6.49. The van der Waals surface area contributed by atoms with E-state index in [9.17, 15) is 17.6 Å². The summed E-state index contributed by atoms with van der Waals surface area (Å²) in [6.45, 7) is 4.90. The van der Waals surface area contributed by atoms with E-state index in [4.69, 9.17) is 0 Å². The minimum atomic E-state index is -1.65. The van der Waals surface area contributed by atoms with Crippen LogP contribution in [-0.2, 0) is 0 Å². The number of hydrogen-bond acceptors (Lipinski definition) is 4. The van der Waals surface area contributed by atoms with Gasteiger partial charge in [0.1, 0.15) is 5.69 Å². The first-order valence-electron chi connectivity index (χ1n) is 9.02. The van der Waals surface area contributed by atoms with Crippen molar-refractivity contribution in [2.24, 2.45) is 0 Å². The van der Waals surface area contributed by atoms with Gasteiger partial charge in [-0.1, -0.05) is 18.2 Å². The molecule has 0 amide bonds. The van der Waals surface area contributed by atoms with Gasteiger partial charge in [0.05, 0.1) is 0 Å². The lowest BCUT2D eigenvalue weighted by Crippen LogP contribution is -2.46. The minimum absolute atomic E-state index is 0.223. The molecular formula is C19H22F4N4. The average molecular weight is 382 g/mol. The molecule has 146 valence electrons. The second kappa shape index (κ2) is 9.03. The molecule has 4 nitrogen and oxygen atoms in total. The Morgan fingerprint density at radius 3 is 2.11 bits per heavy atom. The highest BCUT2D eigenvalue weighted by atomic mass is 19.2. The fourth-order valence-electron chi connectivity index (χ4n) is 3.18. The summed E-state index contributed by atoms with van der Waals surface area (Å²) in [5.41, 5.74) is 0.429. The summed E-state index contributed by atoms with van der Waals surface area (Å²) >= 11 is 0. The van der Waals surface area contributed by atoms with Gasteiger partial charge in [-0.05, 0) is 31.5 Å². The zero-order valence-corrected chi connectivity index (χ0v) is 14.9. The molecular weight excluding hydrogens is 360 g/mol. The summed E-state index contributed by atoms with van der Waals surface area (Å²) < 4.78 is 53.1. The van der Waals surface area contributed by atoms with Crippen LogP contribution in [0.5, 0.6) is 0 Å². The molecule has 0 saturated carbocycles. The van der Waals surface area contributed by atoms with Crippen molar-refractivity contribution in [3.63, 3.8) is 0 Å². The lowest BCUT2D eigenvalue weighted by molar-refractivity contribution is 0.254. The third kappa shape index (κ3) is 4.88. The van der Waals surface area contributed by atoms with Gasteiger partial charge >= 0.3 is 0 Å². The maximum atomic E-state index is 13.5. The third-order valence-electron chi connectivity index (χ3n) is 4.69. The van der Waals surface area contributed by atoms with E-state index in [2.05, 4.69) is 32.2 Å². The number of aromatic nitrogens is 1. The van der Waals surface area contributed by atoms with Gasteiger partial charge in [0.15, 0.2) is 0 Å². The number of pyridine rings is 1. The van der Waals surface area contributed by atoms with E-state index in [0.29, 0.717) is 6.42 Å². The Morgan fingerprint density at radius 2 is 1.48 bits per heavy atom. The zero-order valence-electron chi connectivity index (χ0n) is 14.9. The van der Waals surface area contributed by atoms with Gasteiger partial charge in [0, 0.05) is 38.4 Å². The maximum Gasteiger partial charge on any atom is 0.253 e. The summed E-state index contributed by atoms with van der Waals surface area (Å²) in [7, 11) is 0. The number of nitrogens with zero attached hydrogens (tertiary/aromatic N) is 3. The van der Waals surface area contributed by atoms with Crippen LogP contribution in [-0.4, -0.2) is 49.2 Å². The Kier molecular flexibility index (Phi) is 6.49. The Labute approximate surface area is 155 Å². The van der Waals surface area contributed by atoms with Gasteiger partial charge in [-0.3, -0.25) is 4.90 Å². The quantitative estimate of drug-likeness (QED) is 0.450. The molecule has 8 heteroatoms. The highest BCUT2D eigenvalue weighted by Crippen LogP contribution is 2.22. The molecule has 0 bridgehead atoms. The van der Waals surface area contributed by atoms with Gasteiger partial charge in [-0.2, -0.15) is 22.5 Å². The molecule has 1 aromatic carbocycles. The van der Waals surface area contributed by atoms with Crippen LogP contribution in [0.2, 0.25) is 0 Å². The van der Waals surface area contributed by atoms with Gasteiger partial charge in [0.25, 0.3) is 11.9 Å². The van der Waals surface area contributed by atoms with Crippen molar-refractivity contribution in [1.82, 2.24) is 9.88 Å². The molecule has 0 radical (unpaired) electrons. The van der Waals surface area contributed by atoms with E-state index in [1.165, 1.54) is 5.69 Å². The molecule has 1 aliphatic heterocycles. The van der Waals surface area contributed by atoms with Crippen LogP contribution in [0.25, 0.3) is 0 Å². The van der Waals surface area contributed by atoms with Crippen LogP contribution in [0.3, 0.4) is 0 Å². The summed E-state index contributed by atoms with van der Waals surface area (Å²) in [6, 6.07) is 10.3. The molecule has 1 saturated heterocycles. The van der Waals surface area contributed by atoms with Crippen molar-refractivity contribution in [1.29, 1.82) is 0 Å². The van der Waals surface area contributed by atoms with Crippen molar-refractivity contribution in [2.45, 2.75) is 12.8 Å². The number of para-hydroxylation sites is 1. The number of unbranched alkanes of at least 4 members (excludes halogenated alkanes) is 1. The number of halogens is 4. The van der Waals surface area contributed by atoms with Crippen molar-refractivity contribution >= 4 is 11.4 Å². The van der Waals surface area contributed by atoms with Crippen molar-refractivity contribution < 1.29 is 17.6 Å². The molecule has 3 rings (SSSR count). The molecule has 2 aromatic rings. The largest absolute Gasteiger partial charge is 0.380 e. The number of rotatable bonds is 7. The molecule has 0 spiro atoms. The predicted octanol–water partition coefficient (Wildman–Crippen LogP) is 3.65. The molecule has 1 fully saturated rings. The van der Waals surface area contributed by atoms with Crippen LogP contribution in [0.4, 0.5) is 28.9 Å².